The van der Waals surface area contributed by atoms with Crippen molar-refractivity contribution in [3.05, 3.63) is 34.4 Å². The van der Waals surface area contributed by atoms with Gasteiger partial charge >= 0.3 is 0 Å². The first kappa shape index (κ1) is 9.89. The molecule has 4 rings (SSSR count). The molecule has 0 spiro atoms. The second-order valence-corrected chi connectivity index (χ2v) is 5.82. The van der Waals surface area contributed by atoms with Gasteiger partial charge in [-0.1, -0.05) is 12.1 Å². The average molecular weight is 289 g/mol. The molecule has 1 atom stereocenters. The monoisotopic (exact) mass is 288 g/mol. The molecule has 17 heavy (non-hydrogen) atoms. The fraction of sp³-hybridized carbons (Fsp3) is 0.357. The molecule has 1 fully saturated rings. The minimum Gasteiger partial charge on any atom is -0.367 e. The molecule has 2 nitrogen and oxygen atoms in total. The summed E-state index contributed by atoms with van der Waals surface area (Å²) in [5.74, 6) is 0. The molecule has 0 radical (unpaired) electrons. The first-order valence-electron chi connectivity index (χ1n) is 6.17. The highest BCUT2D eigenvalue weighted by molar-refractivity contribution is 9.10. The SMILES string of the molecule is Brc1cccc2c3c(cnc12)CC1CCCN31. The van der Waals surface area contributed by atoms with E-state index in [1.54, 1.807) is 0 Å². The molecule has 2 aliphatic heterocycles. The van der Waals surface area contributed by atoms with Crippen molar-refractivity contribution < 1.29 is 0 Å². The number of anilines is 1. The number of pyridine rings is 1. The van der Waals surface area contributed by atoms with Crippen LogP contribution in [0.15, 0.2) is 28.9 Å². The number of hydrogen-bond acceptors (Lipinski definition) is 2. The third-order valence-electron chi connectivity index (χ3n) is 4.02. The third-order valence-corrected chi connectivity index (χ3v) is 4.66. The van der Waals surface area contributed by atoms with Gasteiger partial charge in [-0.2, -0.15) is 0 Å². The number of rotatable bonds is 0. The molecule has 2 aliphatic rings. The maximum Gasteiger partial charge on any atom is 0.0864 e. The van der Waals surface area contributed by atoms with E-state index in [9.17, 15) is 0 Å². The van der Waals surface area contributed by atoms with Crippen LogP contribution in [0.2, 0.25) is 0 Å². The molecule has 2 aromatic rings. The fourth-order valence-corrected chi connectivity index (χ4v) is 3.77. The fourth-order valence-electron chi connectivity index (χ4n) is 3.30. The van der Waals surface area contributed by atoms with Gasteiger partial charge in [0, 0.05) is 28.6 Å². The van der Waals surface area contributed by atoms with Crippen LogP contribution in [0.5, 0.6) is 0 Å². The predicted octanol–water partition coefficient (Wildman–Crippen LogP) is 3.52. The lowest BCUT2D eigenvalue weighted by Gasteiger charge is -2.20. The van der Waals surface area contributed by atoms with E-state index in [-0.39, 0.29) is 0 Å². The van der Waals surface area contributed by atoms with E-state index < -0.39 is 0 Å². The lowest BCUT2D eigenvalue weighted by molar-refractivity contribution is 0.703. The van der Waals surface area contributed by atoms with Gasteiger partial charge in [0.2, 0.25) is 0 Å². The highest BCUT2D eigenvalue weighted by Crippen LogP contribution is 2.42. The standard InChI is InChI=1S/C14H13BrN2/c15-12-5-1-4-11-13(12)16-8-9-7-10-3-2-6-17(10)14(9)11/h1,4-5,8,10H,2-3,6-7H2. The minimum absolute atomic E-state index is 0.733. The third kappa shape index (κ3) is 1.29. The number of aromatic nitrogens is 1. The van der Waals surface area contributed by atoms with Crippen LogP contribution in [-0.4, -0.2) is 17.6 Å². The summed E-state index contributed by atoms with van der Waals surface area (Å²) in [6, 6.07) is 7.11. The van der Waals surface area contributed by atoms with Crippen LogP contribution in [0.3, 0.4) is 0 Å². The van der Waals surface area contributed by atoms with Crippen LogP contribution in [0.4, 0.5) is 5.69 Å². The van der Waals surface area contributed by atoms with Gasteiger partial charge in [0.05, 0.1) is 11.2 Å². The topological polar surface area (TPSA) is 16.1 Å². The maximum atomic E-state index is 4.61. The molecule has 3 heterocycles. The first-order chi connectivity index (χ1) is 8.34. The molecule has 86 valence electrons. The molecule has 1 aromatic carbocycles. The van der Waals surface area contributed by atoms with Crippen molar-refractivity contribution in [2.45, 2.75) is 25.3 Å². The summed E-state index contributed by atoms with van der Waals surface area (Å²) in [4.78, 5) is 7.20. The van der Waals surface area contributed by atoms with E-state index in [4.69, 9.17) is 0 Å². The van der Waals surface area contributed by atoms with Gasteiger partial charge in [-0.05, 0) is 46.8 Å². The van der Waals surface area contributed by atoms with Gasteiger partial charge in [-0.15, -0.1) is 0 Å². The predicted molar refractivity (Wildman–Crippen MR) is 73.5 cm³/mol. The van der Waals surface area contributed by atoms with Crippen LogP contribution in [0.1, 0.15) is 18.4 Å². The largest absolute Gasteiger partial charge is 0.367 e. The van der Waals surface area contributed by atoms with Gasteiger partial charge in [0.15, 0.2) is 0 Å². The zero-order valence-corrected chi connectivity index (χ0v) is 11.1. The summed E-state index contributed by atoms with van der Waals surface area (Å²) >= 11 is 3.60. The van der Waals surface area contributed by atoms with Crippen LogP contribution < -0.4 is 4.90 Å². The first-order valence-corrected chi connectivity index (χ1v) is 6.96. The zero-order chi connectivity index (χ0) is 11.4. The van der Waals surface area contributed by atoms with E-state index in [0.29, 0.717) is 0 Å². The number of fused-ring (bicyclic) bond motifs is 5. The number of nitrogens with zero attached hydrogens (tertiary/aromatic N) is 2. The average Bonchev–Trinajstić information content (AvgIpc) is 2.88. The van der Waals surface area contributed by atoms with Gasteiger partial charge in [0.25, 0.3) is 0 Å². The quantitative estimate of drug-likeness (QED) is 0.737. The molecule has 0 aliphatic carbocycles. The van der Waals surface area contributed by atoms with E-state index in [1.165, 1.54) is 42.4 Å². The van der Waals surface area contributed by atoms with E-state index in [0.717, 1.165) is 16.0 Å². The van der Waals surface area contributed by atoms with Crippen LogP contribution in [-0.2, 0) is 6.42 Å². The maximum absolute atomic E-state index is 4.61. The molecular weight excluding hydrogens is 276 g/mol. The molecule has 1 unspecified atom stereocenters. The summed E-state index contributed by atoms with van der Waals surface area (Å²) < 4.78 is 1.10. The molecule has 1 aromatic heterocycles. The normalized spacial score (nSPS) is 21.9. The van der Waals surface area contributed by atoms with Gasteiger partial charge in [0.1, 0.15) is 0 Å². The molecular formula is C14H13BrN2. The Labute approximate surface area is 109 Å². The van der Waals surface area contributed by atoms with E-state index in [2.05, 4.69) is 50.2 Å². The molecule has 0 saturated carbocycles. The Balaban J connectivity index is 2.05. The Hall–Kier alpha value is -1.09. The van der Waals surface area contributed by atoms with Crippen molar-refractivity contribution >= 4 is 32.5 Å². The highest BCUT2D eigenvalue weighted by atomic mass is 79.9. The van der Waals surface area contributed by atoms with Crippen molar-refractivity contribution in [3.8, 4) is 0 Å². The Bertz CT molecular complexity index is 608. The van der Waals surface area contributed by atoms with Crippen molar-refractivity contribution in [2.24, 2.45) is 0 Å². The molecule has 0 amide bonds. The Morgan fingerprint density at radius 3 is 3.24 bits per heavy atom. The molecule has 0 bridgehead atoms. The van der Waals surface area contributed by atoms with E-state index in [1.807, 2.05) is 0 Å². The molecule has 0 N–H and O–H groups in total. The second kappa shape index (κ2) is 3.45. The lowest BCUT2D eigenvalue weighted by atomic mass is 10.1. The van der Waals surface area contributed by atoms with Gasteiger partial charge < -0.3 is 4.90 Å². The number of hydrogen-bond donors (Lipinski definition) is 0. The van der Waals surface area contributed by atoms with Crippen LogP contribution >= 0.6 is 15.9 Å². The Kier molecular flexibility index (Phi) is 2.01. The highest BCUT2D eigenvalue weighted by Gasteiger charge is 2.34. The van der Waals surface area contributed by atoms with Crippen molar-refractivity contribution in [1.82, 2.24) is 4.98 Å². The van der Waals surface area contributed by atoms with Gasteiger partial charge in [-0.25, -0.2) is 0 Å². The van der Waals surface area contributed by atoms with Gasteiger partial charge in [-0.3, -0.25) is 4.98 Å². The number of para-hydroxylation sites is 1. The zero-order valence-electron chi connectivity index (χ0n) is 9.49. The molecule has 1 saturated heterocycles. The Morgan fingerprint density at radius 2 is 2.29 bits per heavy atom. The Morgan fingerprint density at radius 1 is 1.35 bits per heavy atom. The van der Waals surface area contributed by atoms with Crippen LogP contribution in [0, 0.1) is 0 Å². The van der Waals surface area contributed by atoms with Crippen LogP contribution in [0.25, 0.3) is 10.9 Å². The van der Waals surface area contributed by atoms with Crippen molar-refractivity contribution in [2.75, 3.05) is 11.4 Å². The smallest absolute Gasteiger partial charge is 0.0864 e. The second-order valence-electron chi connectivity index (χ2n) is 4.96. The van der Waals surface area contributed by atoms with E-state index >= 15 is 0 Å². The summed E-state index contributed by atoms with van der Waals surface area (Å²) in [7, 11) is 0. The van der Waals surface area contributed by atoms with Crippen molar-refractivity contribution in [3.63, 3.8) is 0 Å². The number of halogens is 1. The summed E-state index contributed by atoms with van der Waals surface area (Å²) in [6.45, 7) is 1.21. The summed E-state index contributed by atoms with van der Waals surface area (Å²) in [5, 5.41) is 1.31. The molecule has 3 heteroatoms. The van der Waals surface area contributed by atoms with Crippen molar-refractivity contribution in [1.29, 1.82) is 0 Å². The minimum atomic E-state index is 0.733. The number of benzene rings is 1. The summed E-state index contributed by atoms with van der Waals surface area (Å²) in [5.41, 5.74) is 3.97. The lowest BCUT2D eigenvalue weighted by Crippen LogP contribution is -2.24. The summed E-state index contributed by atoms with van der Waals surface area (Å²) in [6.07, 6.45) is 5.93.